The summed E-state index contributed by atoms with van der Waals surface area (Å²) >= 11 is 0. The Morgan fingerprint density at radius 1 is 1.17 bits per heavy atom. The molecule has 2 aromatic rings. The van der Waals surface area contributed by atoms with Gasteiger partial charge in [-0.3, -0.25) is 9.89 Å². The highest BCUT2D eigenvalue weighted by molar-refractivity contribution is 6.00. The van der Waals surface area contributed by atoms with Gasteiger partial charge in [0.15, 0.2) is 5.78 Å². The number of ketones is 1. The second-order valence-corrected chi connectivity index (χ2v) is 8.13. The Kier molecular flexibility index (Phi) is 3.31. The predicted octanol–water partition coefficient (Wildman–Crippen LogP) is 4.40. The van der Waals surface area contributed by atoms with E-state index in [1.807, 2.05) is 0 Å². The lowest BCUT2D eigenvalue weighted by Crippen LogP contribution is -2.32. The second kappa shape index (κ2) is 5.17. The van der Waals surface area contributed by atoms with Crippen LogP contribution in [-0.4, -0.2) is 16.0 Å². The average Bonchev–Trinajstić information content (AvgIpc) is 2.86. The number of Topliss-reactive ketones (excluding diaryl/α,β-unsaturated/α-hetero) is 1. The lowest BCUT2D eigenvalue weighted by molar-refractivity contribution is -0.118. The molecule has 0 unspecified atom stereocenters. The highest BCUT2D eigenvalue weighted by Crippen LogP contribution is 2.49. The van der Waals surface area contributed by atoms with Gasteiger partial charge in [-0.05, 0) is 36.8 Å². The van der Waals surface area contributed by atoms with E-state index in [1.54, 1.807) is 0 Å². The molecule has 1 atom stereocenters. The summed E-state index contributed by atoms with van der Waals surface area (Å²) in [6, 6.07) is 8.44. The number of allylic oxidation sites excluding steroid dienone is 2. The quantitative estimate of drug-likeness (QED) is 0.846. The molecule has 124 valence electrons. The molecule has 0 bridgehead atoms. The number of aryl methyl sites for hydroxylation is 2. The highest BCUT2D eigenvalue weighted by Gasteiger charge is 2.42. The van der Waals surface area contributed by atoms with Gasteiger partial charge in [0.05, 0.1) is 5.69 Å². The fourth-order valence-corrected chi connectivity index (χ4v) is 4.56. The van der Waals surface area contributed by atoms with Crippen molar-refractivity contribution in [3.63, 3.8) is 0 Å². The fraction of sp³-hybridized carbons (Fsp3) is 0.429. The number of nitrogens with one attached hydrogen (secondary N) is 1. The standard InChI is InChI=1S/C21H24N2O/c1-12-7-5-6-8-15(12)20-18-13(2)22-23-16(18)9-14-10-21(3,4)11-17(24)19(14)20/h5-8,20H,9-11H2,1-4H3,(H,22,23)/t20-/m1/s1. The van der Waals surface area contributed by atoms with Gasteiger partial charge in [-0.15, -0.1) is 0 Å². The van der Waals surface area contributed by atoms with E-state index in [0.29, 0.717) is 12.2 Å². The summed E-state index contributed by atoms with van der Waals surface area (Å²) in [5.41, 5.74) is 8.28. The van der Waals surface area contributed by atoms with Crippen LogP contribution >= 0.6 is 0 Å². The predicted molar refractivity (Wildman–Crippen MR) is 95.1 cm³/mol. The molecule has 0 spiro atoms. The van der Waals surface area contributed by atoms with Gasteiger partial charge < -0.3 is 0 Å². The van der Waals surface area contributed by atoms with E-state index in [4.69, 9.17) is 0 Å². The number of aromatic amines is 1. The van der Waals surface area contributed by atoms with E-state index in [2.05, 4.69) is 62.2 Å². The summed E-state index contributed by atoms with van der Waals surface area (Å²) in [7, 11) is 0. The van der Waals surface area contributed by atoms with Crippen LogP contribution in [0, 0.1) is 19.3 Å². The summed E-state index contributed by atoms with van der Waals surface area (Å²) in [5, 5.41) is 7.71. The summed E-state index contributed by atoms with van der Waals surface area (Å²) in [4.78, 5) is 13.1. The Bertz CT molecular complexity index is 870. The van der Waals surface area contributed by atoms with Crippen LogP contribution in [0.15, 0.2) is 35.4 Å². The summed E-state index contributed by atoms with van der Waals surface area (Å²) in [6.45, 7) is 8.60. The third-order valence-corrected chi connectivity index (χ3v) is 5.54. The van der Waals surface area contributed by atoms with E-state index >= 15 is 0 Å². The van der Waals surface area contributed by atoms with E-state index in [1.165, 1.54) is 22.3 Å². The molecule has 0 radical (unpaired) electrons. The largest absolute Gasteiger partial charge is 0.294 e. The summed E-state index contributed by atoms with van der Waals surface area (Å²) in [6.07, 6.45) is 2.44. The zero-order valence-electron chi connectivity index (χ0n) is 14.9. The van der Waals surface area contributed by atoms with Crippen molar-refractivity contribution in [2.24, 2.45) is 5.41 Å². The number of hydrogen-bond donors (Lipinski definition) is 1. The summed E-state index contributed by atoms with van der Waals surface area (Å²) in [5.74, 6) is 0.355. The first kappa shape index (κ1) is 15.4. The Morgan fingerprint density at radius 3 is 2.67 bits per heavy atom. The lowest BCUT2D eigenvalue weighted by Gasteiger charge is -2.38. The first-order chi connectivity index (χ1) is 11.4. The van der Waals surface area contributed by atoms with Gasteiger partial charge in [-0.2, -0.15) is 5.10 Å². The lowest BCUT2D eigenvalue weighted by atomic mass is 9.64. The van der Waals surface area contributed by atoms with Crippen molar-refractivity contribution < 1.29 is 4.79 Å². The van der Waals surface area contributed by atoms with E-state index in [9.17, 15) is 4.79 Å². The van der Waals surface area contributed by atoms with Crippen molar-refractivity contribution in [2.45, 2.75) is 52.9 Å². The van der Waals surface area contributed by atoms with E-state index < -0.39 is 0 Å². The molecule has 1 aromatic heterocycles. The maximum atomic E-state index is 13.1. The SMILES string of the molecule is Cc1ccccc1[C@H]1C2=C(Cc3n[nH]c(C)c31)CC(C)(C)CC2=O. The van der Waals surface area contributed by atoms with Crippen molar-refractivity contribution in [3.8, 4) is 0 Å². The molecule has 2 aliphatic carbocycles. The number of fused-ring (bicyclic) bond motifs is 1. The van der Waals surface area contributed by atoms with Gasteiger partial charge in [0.1, 0.15) is 0 Å². The molecule has 24 heavy (non-hydrogen) atoms. The Morgan fingerprint density at radius 2 is 1.92 bits per heavy atom. The first-order valence-corrected chi connectivity index (χ1v) is 8.72. The maximum Gasteiger partial charge on any atom is 0.160 e. The number of rotatable bonds is 1. The van der Waals surface area contributed by atoms with Crippen LogP contribution in [0.25, 0.3) is 0 Å². The molecule has 4 rings (SSSR count). The maximum absolute atomic E-state index is 13.1. The topological polar surface area (TPSA) is 45.8 Å². The normalized spacial score (nSPS) is 22.3. The van der Waals surface area contributed by atoms with Crippen molar-refractivity contribution in [3.05, 3.63) is 63.5 Å². The Hall–Kier alpha value is -2.16. The molecule has 3 nitrogen and oxygen atoms in total. The third kappa shape index (κ3) is 2.26. The monoisotopic (exact) mass is 320 g/mol. The van der Waals surface area contributed by atoms with Crippen molar-refractivity contribution in [2.75, 3.05) is 0 Å². The number of hydrogen-bond acceptors (Lipinski definition) is 2. The van der Waals surface area contributed by atoms with Gasteiger partial charge in [-0.25, -0.2) is 0 Å². The first-order valence-electron chi connectivity index (χ1n) is 8.72. The average molecular weight is 320 g/mol. The third-order valence-electron chi connectivity index (χ3n) is 5.54. The number of aromatic nitrogens is 2. The van der Waals surface area contributed by atoms with Crippen LogP contribution in [0.5, 0.6) is 0 Å². The van der Waals surface area contributed by atoms with Gasteiger partial charge in [0.2, 0.25) is 0 Å². The van der Waals surface area contributed by atoms with E-state index in [0.717, 1.165) is 29.8 Å². The minimum Gasteiger partial charge on any atom is -0.294 e. The van der Waals surface area contributed by atoms with Gasteiger partial charge in [0, 0.05) is 35.6 Å². The molecule has 0 saturated carbocycles. The molecular weight excluding hydrogens is 296 g/mol. The zero-order chi connectivity index (χ0) is 17.1. The minimum atomic E-state index is 0.0345. The zero-order valence-corrected chi connectivity index (χ0v) is 14.9. The van der Waals surface area contributed by atoms with Crippen molar-refractivity contribution in [1.82, 2.24) is 10.2 Å². The van der Waals surface area contributed by atoms with E-state index in [-0.39, 0.29) is 11.3 Å². The molecule has 0 aliphatic heterocycles. The number of carbonyl (C=O) groups is 1. The van der Waals surface area contributed by atoms with Crippen LogP contribution in [0.2, 0.25) is 0 Å². The Labute approximate surface area is 143 Å². The van der Waals surface area contributed by atoms with Crippen LogP contribution in [0.3, 0.4) is 0 Å². The molecule has 3 heteroatoms. The highest BCUT2D eigenvalue weighted by atomic mass is 16.1. The molecule has 0 saturated heterocycles. The molecule has 1 heterocycles. The van der Waals surface area contributed by atoms with Gasteiger partial charge in [-0.1, -0.05) is 43.7 Å². The summed E-state index contributed by atoms with van der Waals surface area (Å²) < 4.78 is 0. The molecule has 1 aromatic carbocycles. The smallest absolute Gasteiger partial charge is 0.160 e. The minimum absolute atomic E-state index is 0.0345. The molecular formula is C21H24N2O. The number of H-pyrrole nitrogens is 1. The van der Waals surface area contributed by atoms with Gasteiger partial charge >= 0.3 is 0 Å². The number of carbonyl (C=O) groups excluding carboxylic acids is 1. The van der Waals surface area contributed by atoms with Crippen LogP contribution in [-0.2, 0) is 11.2 Å². The van der Waals surface area contributed by atoms with Crippen LogP contribution in [0.4, 0.5) is 0 Å². The van der Waals surface area contributed by atoms with Crippen LogP contribution in [0.1, 0.15) is 60.7 Å². The van der Waals surface area contributed by atoms with Gasteiger partial charge in [0.25, 0.3) is 0 Å². The number of benzene rings is 1. The number of nitrogens with zero attached hydrogens (tertiary/aromatic N) is 1. The molecule has 0 fully saturated rings. The Balaban J connectivity index is 1.97. The molecule has 0 amide bonds. The fourth-order valence-electron chi connectivity index (χ4n) is 4.56. The van der Waals surface area contributed by atoms with Crippen LogP contribution < -0.4 is 0 Å². The molecule has 2 aliphatic rings. The van der Waals surface area contributed by atoms with Crippen molar-refractivity contribution >= 4 is 5.78 Å². The van der Waals surface area contributed by atoms with Crippen molar-refractivity contribution in [1.29, 1.82) is 0 Å². The second-order valence-electron chi connectivity index (χ2n) is 8.13. The molecule has 1 N–H and O–H groups in total.